The third kappa shape index (κ3) is 3.94. The van der Waals surface area contributed by atoms with Gasteiger partial charge in [0, 0.05) is 12.6 Å². The number of rotatable bonds is 4. The van der Waals surface area contributed by atoms with Gasteiger partial charge in [-0.1, -0.05) is 6.07 Å². The average molecular weight is 196 g/mol. The van der Waals surface area contributed by atoms with Crippen LogP contribution in [0, 0.1) is 0 Å². The molecule has 0 saturated heterocycles. The number of carbonyl (C=O) groups is 1. The van der Waals surface area contributed by atoms with Crippen molar-refractivity contribution < 1.29 is 4.79 Å². The Bertz CT molecular complexity index is 264. The van der Waals surface area contributed by atoms with Crippen molar-refractivity contribution in [3.05, 3.63) is 30.1 Å². The van der Waals surface area contributed by atoms with Crippen LogP contribution in [0.5, 0.6) is 0 Å². The van der Waals surface area contributed by atoms with E-state index < -0.39 is 0 Å². The van der Waals surface area contributed by atoms with Crippen molar-refractivity contribution in [1.29, 1.82) is 0 Å². The lowest BCUT2D eigenvalue weighted by Gasteiger charge is -2.02. The fourth-order valence-electron chi connectivity index (χ4n) is 0.882. The van der Waals surface area contributed by atoms with Gasteiger partial charge >= 0.3 is 0 Å². The van der Waals surface area contributed by atoms with Crippen molar-refractivity contribution in [2.24, 2.45) is 0 Å². The van der Waals surface area contributed by atoms with Gasteiger partial charge < -0.3 is 5.32 Å². The van der Waals surface area contributed by atoms with Crippen LogP contribution in [-0.2, 0) is 11.3 Å². The first kappa shape index (κ1) is 10.1. The SMILES string of the molecule is O=C(CCS)NCc1ccccn1. The Hall–Kier alpha value is -1.03. The number of amides is 1. The largest absolute Gasteiger partial charge is 0.350 e. The first-order valence-electron chi connectivity index (χ1n) is 4.10. The molecule has 0 atom stereocenters. The highest BCUT2D eigenvalue weighted by Gasteiger charge is 1.98. The van der Waals surface area contributed by atoms with E-state index >= 15 is 0 Å². The van der Waals surface area contributed by atoms with Crippen molar-refractivity contribution in [2.75, 3.05) is 5.75 Å². The number of carbonyl (C=O) groups excluding carboxylic acids is 1. The second-order valence-corrected chi connectivity index (χ2v) is 3.02. The molecule has 1 N–H and O–H groups in total. The van der Waals surface area contributed by atoms with E-state index in [0.717, 1.165) is 5.69 Å². The molecule has 13 heavy (non-hydrogen) atoms. The molecule has 4 heteroatoms. The van der Waals surface area contributed by atoms with Crippen LogP contribution in [0.25, 0.3) is 0 Å². The smallest absolute Gasteiger partial charge is 0.221 e. The lowest BCUT2D eigenvalue weighted by Crippen LogP contribution is -2.23. The molecule has 0 saturated carbocycles. The predicted molar refractivity (Wildman–Crippen MR) is 54.6 cm³/mol. The molecule has 1 heterocycles. The number of hydrogen-bond donors (Lipinski definition) is 2. The van der Waals surface area contributed by atoms with Crippen LogP contribution in [-0.4, -0.2) is 16.6 Å². The zero-order valence-corrected chi connectivity index (χ0v) is 8.13. The van der Waals surface area contributed by atoms with E-state index in [-0.39, 0.29) is 5.91 Å². The van der Waals surface area contributed by atoms with E-state index in [1.54, 1.807) is 6.20 Å². The summed E-state index contributed by atoms with van der Waals surface area (Å²) in [5.74, 6) is 0.592. The maximum absolute atomic E-state index is 11.0. The standard InChI is InChI=1S/C9H12N2OS/c12-9(4-6-13)11-7-8-3-1-2-5-10-8/h1-3,5,13H,4,6-7H2,(H,11,12). The summed E-state index contributed by atoms with van der Waals surface area (Å²) in [4.78, 5) is 15.1. The maximum atomic E-state index is 11.0. The molecular formula is C9H12N2OS. The topological polar surface area (TPSA) is 42.0 Å². The van der Waals surface area contributed by atoms with E-state index in [0.29, 0.717) is 18.7 Å². The lowest BCUT2D eigenvalue weighted by molar-refractivity contribution is -0.120. The summed E-state index contributed by atoms with van der Waals surface area (Å²) in [5, 5.41) is 2.75. The molecule has 0 aliphatic carbocycles. The van der Waals surface area contributed by atoms with Crippen LogP contribution in [0.3, 0.4) is 0 Å². The highest BCUT2D eigenvalue weighted by atomic mass is 32.1. The minimum Gasteiger partial charge on any atom is -0.350 e. The number of pyridine rings is 1. The van der Waals surface area contributed by atoms with E-state index in [4.69, 9.17) is 0 Å². The van der Waals surface area contributed by atoms with Gasteiger partial charge in [0.15, 0.2) is 0 Å². The van der Waals surface area contributed by atoms with E-state index in [9.17, 15) is 4.79 Å². The molecule has 1 aromatic rings. The van der Waals surface area contributed by atoms with Crippen LogP contribution >= 0.6 is 12.6 Å². The first-order valence-corrected chi connectivity index (χ1v) is 4.73. The average Bonchev–Trinajstić information content (AvgIpc) is 2.17. The van der Waals surface area contributed by atoms with Gasteiger partial charge in [0.1, 0.15) is 0 Å². The van der Waals surface area contributed by atoms with Crippen molar-refractivity contribution in [1.82, 2.24) is 10.3 Å². The molecule has 0 aromatic carbocycles. The highest BCUT2D eigenvalue weighted by Crippen LogP contribution is 1.92. The Morgan fingerprint density at radius 1 is 1.54 bits per heavy atom. The molecule has 1 rings (SSSR count). The Balaban J connectivity index is 2.31. The summed E-state index contributed by atoms with van der Waals surface area (Å²) >= 11 is 3.96. The van der Waals surface area contributed by atoms with Crippen molar-refractivity contribution >= 4 is 18.5 Å². The molecule has 0 aliphatic rings. The molecule has 1 amide bonds. The lowest BCUT2D eigenvalue weighted by atomic mass is 10.3. The second-order valence-electron chi connectivity index (χ2n) is 2.57. The molecule has 0 aliphatic heterocycles. The van der Waals surface area contributed by atoms with Gasteiger partial charge in [0.25, 0.3) is 0 Å². The molecule has 1 aromatic heterocycles. The van der Waals surface area contributed by atoms with E-state index in [2.05, 4.69) is 22.9 Å². The van der Waals surface area contributed by atoms with Gasteiger partial charge in [-0.2, -0.15) is 12.6 Å². The van der Waals surface area contributed by atoms with Gasteiger partial charge in [-0.25, -0.2) is 0 Å². The van der Waals surface area contributed by atoms with Gasteiger partial charge in [0.2, 0.25) is 5.91 Å². The second kappa shape index (κ2) is 5.59. The normalized spacial score (nSPS) is 9.62. The van der Waals surface area contributed by atoms with Crippen LogP contribution in [0.2, 0.25) is 0 Å². The molecule has 0 unspecified atom stereocenters. The number of hydrogen-bond acceptors (Lipinski definition) is 3. The summed E-state index contributed by atoms with van der Waals surface area (Å²) in [6, 6.07) is 5.62. The van der Waals surface area contributed by atoms with Gasteiger partial charge in [-0.15, -0.1) is 0 Å². The summed E-state index contributed by atoms with van der Waals surface area (Å²) in [7, 11) is 0. The Labute approximate surface area is 83.0 Å². The Morgan fingerprint density at radius 2 is 2.38 bits per heavy atom. The van der Waals surface area contributed by atoms with Gasteiger partial charge in [0.05, 0.1) is 12.2 Å². The number of nitrogens with one attached hydrogen (secondary N) is 1. The molecule has 70 valence electrons. The van der Waals surface area contributed by atoms with Gasteiger partial charge in [-0.3, -0.25) is 9.78 Å². The molecular weight excluding hydrogens is 184 g/mol. The molecule has 3 nitrogen and oxygen atoms in total. The predicted octanol–water partition coefficient (Wildman–Crippen LogP) is 1.02. The fourth-order valence-corrected chi connectivity index (χ4v) is 1.08. The Kier molecular flexibility index (Phi) is 4.32. The zero-order valence-electron chi connectivity index (χ0n) is 7.23. The summed E-state index contributed by atoms with van der Waals surface area (Å²) in [6.45, 7) is 0.494. The minimum absolute atomic E-state index is 0.0145. The molecule has 0 radical (unpaired) electrons. The van der Waals surface area contributed by atoms with Gasteiger partial charge in [-0.05, 0) is 17.9 Å². The van der Waals surface area contributed by atoms with E-state index in [1.807, 2.05) is 18.2 Å². The minimum atomic E-state index is 0.0145. The van der Waals surface area contributed by atoms with Crippen LogP contribution in [0.4, 0.5) is 0 Å². The van der Waals surface area contributed by atoms with Crippen LogP contribution < -0.4 is 5.32 Å². The van der Waals surface area contributed by atoms with Crippen molar-refractivity contribution in [2.45, 2.75) is 13.0 Å². The fraction of sp³-hybridized carbons (Fsp3) is 0.333. The third-order valence-electron chi connectivity index (χ3n) is 1.53. The molecule has 0 bridgehead atoms. The first-order chi connectivity index (χ1) is 6.33. The van der Waals surface area contributed by atoms with Crippen LogP contribution in [0.15, 0.2) is 24.4 Å². The van der Waals surface area contributed by atoms with Crippen LogP contribution in [0.1, 0.15) is 12.1 Å². The van der Waals surface area contributed by atoms with Crippen molar-refractivity contribution in [3.63, 3.8) is 0 Å². The quantitative estimate of drug-likeness (QED) is 0.706. The number of thiol groups is 1. The number of nitrogens with zero attached hydrogens (tertiary/aromatic N) is 1. The zero-order chi connectivity index (χ0) is 9.52. The third-order valence-corrected chi connectivity index (χ3v) is 1.76. The highest BCUT2D eigenvalue weighted by molar-refractivity contribution is 7.80. The maximum Gasteiger partial charge on any atom is 0.221 e. The Morgan fingerprint density at radius 3 is 3.00 bits per heavy atom. The summed E-state index contributed by atoms with van der Waals surface area (Å²) in [5.41, 5.74) is 0.870. The summed E-state index contributed by atoms with van der Waals surface area (Å²) < 4.78 is 0. The molecule has 0 spiro atoms. The molecule has 0 fully saturated rings. The number of aromatic nitrogens is 1. The van der Waals surface area contributed by atoms with Crippen molar-refractivity contribution in [3.8, 4) is 0 Å². The summed E-state index contributed by atoms with van der Waals surface area (Å²) in [6.07, 6.45) is 2.16. The van der Waals surface area contributed by atoms with E-state index in [1.165, 1.54) is 0 Å². The monoisotopic (exact) mass is 196 g/mol.